The molecule has 0 heterocycles. The van der Waals surface area contributed by atoms with Gasteiger partial charge in [0.15, 0.2) is 0 Å². The predicted octanol–water partition coefficient (Wildman–Crippen LogP) is 7.74. The summed E-state index contributed by atoms with van der Waals surface area (Å²) in [5, 5.41) is 0. The maximum absolute atomic E-state index is 5.97. The van der Waals surface area contributed by atoms with Crippen molar-refractivity contribution in [2.45, 2.75) is 27.7 Å². The van der Waals surface area contributed by atoms with Crippen molar-refractivity contribution in [3.05, 3.63) is 160 Å². The van der Waals surface area contributed by atoms with Gasteiger partial charge in [-0.15, -0.1) is 0 Å². The van der Waals surface area contributed by atoms with Gasteiger partial charge in [-0.1, -0.05) is 154 Å². The maximum atomic E-state index is 5.97. The van der Waals surface area contributed by atoms with Gasteiger partial charge in [-0.2, -0.15) is 0 Å². The van der Waals surface area contributed by atoms with E-state index in [0.29, 0.717) is 0 Å². The summed E-state index contributed by atoms with van der Waals surface area (Å²) in [7, 11) is 1.76. The zero-order valence-electron chi connectivity index (χ0n) is 23.5. The minimum Gasteiger partial charge on any atom is -0.496 e. The minimum atomic E-state index is 0.00937. The van der Waals surface area contributed by atoms with Gasteiger partial charge in [0.1, 0.15) is 5.75 Å². The highest BCUT2D eigenvalue weighted by atomic mass is 16.5. The molecule has 0 aliphatic heterocycles. The summed E-state index contributed by atoms with van der Waals surface area (Å²) in [4.78, 5) is 0. The van der Waals surface area contributed by atoms with Crippen LogP contribution >= 0.6 is 0 Å². The quantitative estimate of drug-likeness (QED) is 0.162. The molecule has 192 valence electrons. The Labute approximate surface area is 233 Å². The zero-order valence-corrected chi connectivity index (χ0v) is 23.5. The Bertz CT molecular complexity index is 1530. The molecule has 5 rings (SSSR count). The van der Waals surface area contributed by atoms with Crippen LogP contribution in [0.5, 0.6) is 5.75 Å². The highest BCUT2D eigenvalue weighted by molar-refractivity contribution is 7.00. The van der Waals surface area contributed by atoms with Crippen molar-refractivity contribution in [1.82, 2.24) is 0 Å². The van der Waals surface area contributed by atoms with Crippen LogP contribution in [-0.4, -0.2) is 13.8 Å². The van der Waals surface area contributed by atoms with E-state index in [9.17, 15) is 0 Å². The molecule has 0 saturated carbocycles. The summed E-state index contributed by atoms with van der Waals surface area (Å²) in [5.74, 6) is 0.865. The molecule has 5 aromatic rings. The van der Waals surface area contributed by atoms with Crippen molar-refractivity contribution in [3.8, 4) is 5.75 Å². The maximum Gasteiger partial charge on any atom is 0.242 e. The molecule has 1 nitrogen and oxygen atoms in total. The molecule has 0 radical (unpaired) electrons. The van der Waals surface area contributed by atoms with Gasteiger partial charge in [0.05, 0.1) is 7.11 Å². The highest BCUT2D eigenvalue weighted by Gasteiger charge is 2.30. The second-order valence-electron chi connectivity index (χ2n) is 10.5. The van der Waals surface area contributed by atoms with Crippen molar-refractivity contribution in [3.63, 3.8) is 0 Å². The Morgan fingerprint density at radius 3 is 1.36 bits per heavy atom. The Balaban J connectivity index is 1.95. The van der Waals surface area contributed by atoms with E-state index in [1.165, 1.54) is 55.4 Å². The van der Waals surface area contributed by atoms with Crippen molar-refractivity contribution in [1.29, 1.82) is 0 Å². The number of para-hydroxylation sites is 1. The van der Waals surface area contributed by atoms with Gasteiger partial charge in [-0.25, -0.2) is 0 Å². The topological polar surface area (TPSA) is 9.23 Å². The molecule has 39 heavy (non-hydrogen) atoms. The summed E-state index contributed by atoms with van der Waals surface area (Å²) >= 11 is 0. The van der Waals surface area contributed by atoms with Gasteiger partial charge in [0.25, 0.3) is 0 Å². The van der Waals surface area contributed by atoms with Crippen LogP contribution in [0.25, 0.3) is 11.0 Å². The van der Waals surface area contributed by atoms with Gasteiger partial charge >= 0.3 is 0 Å². The Kier molecular flexibility index (Phi) is 7.84. The van der Waals surface area contributed by atoms with Gasteiger partial charge in [-0.05, 0) is 50.5 Å². The second kappa shape index (κ2) is 11.6. The first-order valence-corrected chi connectivity index (χ1v) is 13.6. The zero-order chi connectivity index (χ0) is 27.4. The molecule has 0 aromatic heterocycles. The molecule has 0 bridgehead atoms. The normalized spacial score (nSPS) is 11.6. The van der Waals surface area contributed by atoms with E-state index in [-0.39, 0.29) is 6.71 Å². The van der Waals surface area contributed by atoms with Crippen LogP contribution in [0.15, 0.2) is 121 Å². The summed E-state index contributed by atoms with van der Waals surface area (Å²) < 4.78 is 5.97. The Hall–Kier alpha value is -4.30. The molecule has 0 aliphatic carbocycles. The molecule has 0 N–H and O–H groups in total. The van der Waals surface area contributed by atoms with E-state index in [0.717, 1.165) is 11.3 Å². The van der Waals surface area contributed by atoms with Crippen LogP contribution in [-0.2, 0) is 0 Å². The van der Waals surface area contributed by atoms with Gasteiger partial charge in [0.2, 0.25) is 6.71 Å². The van der Waals surface area contributed by atoms with Crippen LogP contribution in [0, 0.1) is 27.7 Å². The monoisotopic (exact) mass is 506 g/mol. The number of rotatable bonds is 7. The van der Waals surface area contributed by atoms with Crippen molar-refractivity contribution in [2.75, 3.05) is 7.11 Å². The van der Waals surface area contributed by atoms with Crippen molar-refractivity contribution < 1.29 is 4.74 Å². The largest absolute Gasteiger partial charge is 0.496 e. The summed E-state index contributed by atoms with van der Waals surface area (Å²) in [6.07, 6.45) is 0. The molecular formula is C37H35BO. The fraction of sp³-hybridized carbons (Fsp3) is 0.135. The summed E-state index contributed by atoms with van der Waals surface area (Å²) in [5.41, 5.74) is 13.4. The smallest absolute Gasteiger partial charge is 0.242 e. The molecule has 0 fully saturated rings. The van der Waals surface area contributed by atoms with Crippen LogP contribution in [0.2, 0.25) is 0 Å². The van der Waals surface area contributed by atoms with E-state index in [4.69, 9.17) is 4.74 Å². The first-order valence-electron chi connectivity index (χ1n) is 13.6. The molecule has 2 heteroatoms. The lowest BCUT2D eigenvalue weighted by Gasteiger charge is -2.26. The minimum absolute atomic E-state index is 0.00937. The SMILES string of the molecule is COc1ccccc1/C(=C(\B(c1ccc(C)cc1)c1ccc(C)cc1)c1ccc(C)cc1)c1ccc(C)cc1. The Morgan fingerprint density at radius 2 is 0.897 bits per heavy atom. The number of methoxy groups -OCH3 is 1. The molecule has 0 atom stereocenters. The molecule has 0 amide bonds. The first-order chi connectivity index (χ1) is 18.9. The van der Waals surface area contributed by atoms with Crippen LogP contribution in [0.3, 0.4) is 0 Å². The highest BCUT2D eigenvalue weighted by Crippen LogP contribution is 2.38. The molecular weight excluding hydrogens is 471 g/mol. The number of hydrogen-bond donors (Lipinski definition) is 0. The lowest BCUT2D eigenvalue weighted by atomic mass is 9.34. The lowest BCUT2D eigenvalue weighted by molar-refractivity contribution is 0.413. The average molecular weight is 506 g/mol. The third-order valence-corrected chi connectivity index (χ3v) is 7.46. The molecule has 0 spiro atoms. The standard InChI is InChI=1S/C37H35BO/c1-26-10-18-30(19-11-26)36(34-8-6-7-9-35(34)39-5)37(31-20-12-27(2)13-21-31)38(32-22-14-28(3)15-23-32)33-24-16-29(4)17-25-33/h6-25H,1-5H3/b37-36-. The van der Waals surface area contributed by atoms with Gasteiger partial charge < -0.3 is 4.74 Å². The number of benzene rings is 5. The summed E-state index contributed by atoms with van der Waals surface area (Å²) in [6.45, 7) is 8.58. The summed E-state index contributed by atoms with van der Waals surface area (Å²) in [6, 6.07) is 44.2. The van der Waals surface area contributed by atoms with E-state index >= 15 is 0 Å². The third-order valence-electron chi connectivity index (χ3n) is 7.46. The van der Waals surface area contributed by atoms with Crippen LogP contribution in [0.4, 0.5) is 0 Å². The van der Waals surface area contributed by atoms with Crippen LogP contribution in [0.1, 0.15) is 38.9 Å². The van der Waals surface area contributed by atoms with Crippen molar-refractivity contribution in [2.24, 2.45) is 0 Å². The number of ether oxygens (including phenoxy) is 1. The van der Waals surface area contributed by atoms with Gasteiger partial charge in [0, 0.05) is 5.56 Å². The third kappa shape index (κ3) is 5.76. The average Bonchev–Trinajstić information content (AvgIpc) is 2.96. The van der Waals surface area contributed by atoms with Crippen LogP contribution < -0.4 is 15.7 Å². The predicted molar refractivity (Wildman–Crippen MR) is 169 cm³/mol. The Morgan fingerprint density at radius 1 is 0.487 bits per heavy atom. The van der Waals surface area contributed by atoms with E-state index in [2.05, 4.69) is 143 Å². The second-order valence-corrected chi connectivity index (χ2v) is 10.5. The molecule has 0 aliphatic rings. The molecule has 5 aromatic carbocycles. The fourth-order valence-corrected chi connectivity index (χ4v) is 5.26. The number of hydrogen-bond acceptors (Lipinski definition) is 1. The van der Waals surface area contributed by atoms with E-state index in [1.54, 1.807) is 7.11 Å². The first kappa shape index (κ1) is 26.3. The van der Waals surface area contributed by atoms with E-state index in [1.807, 2.05) is 6.07 Å². The number of aryl methyl sites for hydroxylation is 4. The lowest BCUT2D eigenvalue weighted by Crippen LogP contribution is -2.44. The van der Waals surface area contributed by atoms with E-state index < -0.39 is 0 Å². The fourth-order valence-electron chi connectivity index (χ4n) is 5.26. The molecule has 0 saturated heterocycles. The van der Waals surface area contributed by atoms with Crippen molar-refractivity contribution >= 4 is 28.7 Å². The van der Waals surface area contributed by atoms with Gasteiger partial charge in [-0.3, -0.25) is 0 Å². The molecule has 0 unspecified atom stereocenters.